The van der Waals surface area contributed by atoms with Gasteiger partial charge in [0.25, 0.3) is 0 Å². The summed E-state index contributed by atoms with van der Waals surface area (Å²) in [6.45, 7) is 8.72. The molecule has 74 valence electrons. The van der Waals surface area contributed by atoms with Crippen LogP contribution in [-0.2, 0) is 4.79 Å². The van der Waals surface area contributed by atoms with Crippen LogP contribution < -0.4 is 5.32 Å². The zero-order chi connectivity index (χ0) is 10.2. The Morgan fingerprint density at radius 2 is 1.92 bits per heavy atom. The van der Waals surface area contributed by atoms with Crippen molar-refractivity contribution < 1.29 is 4.79 Å². The number of allylic oxidation sites excluding steroid dienone is 1. The van der Waals surface area contributed by atoms with E-state index in [-0.39, 0.29) is 5.91 Å². The lowest BCUT2D eigenvalue weighted by atomic mass is 10.0. The summed E-state index contributed by atoms with van der Waals surface area (Å²) in [5.41, 5.74) is 1.79. The topological polar surface area (TPSA) is 32.3 Å². The highest BCUT2D eigenvalue weighted by Gasteiger charge is 2.34. The number of hydrogen-bond donors (Lipinski definition) is 1. The average molecular weight is 182 g/mol. The Morgan fingerprint density at radius 3 is 2.46 bits per heavy atom. The molecule has 1 aliphatic rings. The standard InChI is InChI=1S/C10H18N2O/c1-7-6-12(5)10(3,4)9(13)11-8(7)2/h6H2,1-5H3,(H,11,13). The third-order valence-electron chi connectivity index (χ3n) is 2.93. The molecule has 0 atom stereocenters. The lowest BCUT2D eigenvalue weighted by Crippen LogP contribution is -2.51. The quantitative estimate of drug-likeness (QED) is 0.609. The molecule has 0 saturated carbocycles. The van der Waals surface area contributed by atoms with Crippen molar-refractivity contribution in [2.24, 2.45) is 0 Å². The SMILES string of the molecule is CC1=C(C)NC(=O)C(C)(C)N(C)C1. The van der Waals surface area contributed by atoms with Crippen LogP contribution in [0.3, 0.4) is 0 Å². The number of nitrogens with one attached hydrogen (secondary N) is 1. The van der Waals surface area contributed by atoms with Gasteiger partial charge in [0.1, 0.15) is 0 Å². The summed E-state index contributed by atoms with van der Waals surface area (Å²) < 4.78 is 0. The highest BCUT2D eigenvalue weighted by molar-refractivity contribution is 5.87. The van der Waals surface area contributed by atoms with E-state index in [4.69, 9.17) is 0 Å². The number of nitrogens with zero attached hydrogens (tertiary/aromatic N) is 1. The maximum absolute atomic E-state index is 11.7. The highest BCUT2D eigenvalue weighted by Crippen LogP contribution is 2.19. The first-order valence-corrected chi connectivity index (χ1v) is 4.54. The molecule has 0 aliphatic carbocycles. The van der Waals surface area contributed by atoms with Crippen molar-refractivity contribution in [2.45, 2.75) is 33.2 Å². The summed E-state index contributed by atoms with van der Waals surface area (Å²) >= 11 is 0. The molecule has 0 fully saturated rings. The average Bonchev–Trinajstić information content (AvgIpc) is 2.06. The van der Waals surface area contributed by atoms with Crippen molar-refractivity contribution in [3.05, 3.63) is 11.3 Å². The molecule has 0 aromatic carbocycles. The van der Waals surface area contributed by atoms with E-state index >= 15 is 0 Å². The van der Waals surface area contributed by atoms with Crippen LogP contribution in [0.25, 0.3) is 0 Å². The molecule has 0 spiro atoms. The van der Waals surface area contributed by atoms with Crippen LogP contribution in [0.15, 0.2) is 11.3 Å². The molecule has 0 aromatic rings. The van der Waals surface area contributed by atoms with Crippen molar-refractivity contribution >= 4 is 5.91 Å². The van der Waals surface area contributed by atoms with E-state index in [2.05, 4.69) is 10.2 Å². The molecule has 13 heavy (non-hydrogen) atoms. The van der Waals surface area contributed by atoms with Crippen LogP contribution in [0.4, 0.5) is 0 Å². The lowest BCUT2D eigenvalue weighted by Gasteiger charge is -2.31. The molecular weight excluding hydrogens is 164 g/mol. The van der Waals surface area contributed by atoms with Gasteiger partial charge in [-0.25, -0.2) is 0 Å². The first-order valence-electron chi connectivity index (χ1n) is 4.54. The summed E-state index contributed by atoms with van der Waals surface area (Å²) in [6.07, 6.45) is 0. The first kappa shape index (κ1) is 10.3. The van der Waals surface area contributed by atoms with Gasteiger partial charge in [-0.15, -0.1) is 0 Å². The molecule has 1 rings (SSSR count). The Balaban J connectivity index is 3.00. The van der Waals surface area contributed by atoms with E-state index in [1.54, 1.807) is 0 Å². The van der Waals surface area contributed by atoms with Crippen molar-refractivity contribution in [1.29, 1.82) is 0 Å². The van der Waals surface area contributed by atoms with Crippen LogP contribution in [0.5, 0.6) is 0 Å². The molecule has 1 N–H and O–H groups in total. The second-order valence-corrected chi connectivity index (χ2v) is 4.27. The van der Waals surface area contributed by atoms with Crippen molar-refractivity contribution in [3.8, 4) is 0 Å². The third kappa shape index (κ3) is 1.75. The summed E-state index contributed by atoms with van der Waals surface area (Å²) in [4.78, 5) is 13.8. The number of carbonyl (C=O) groups excluding carboxylic acids is 1. The minimum Gasteiger partial charge on any atom is -0.328 e. The smallest absolute Gasteiger partial charge is 0.244 e. The summed E-state index contributed by atoms with van der Waals surface area (Å²) in [5.74, 6) is 0.0735. The van der Waals surface area contributed by atoms with Gasteiger partial charge >= 0.3 is 0 Å². The van der Waals surface area contributed by atoms with Gasteiger partial charge in [0.15, 0.2) is 0 Å². The Kier molecular flexibility index (Phi) is 2.48. The van der Waals surface area contributed by atoms with Crippen LogP contribution in [0.1, 0.15) is 27.7 Å². The van der Waals surface area contributed by atoms with Gasteiger partial charge in [-0.2, -0.15) is 0 Å². The van der Waals surface area contributed by atoms with Crippen molar-refractivity contribution in [1.82, 2.24) is 10.2 Å². The molecule has 0 aromatic heterocycles. The lowest BCUT2D eigenvalue weighted by molar-refractivity contribution is -0.129. The Bertz CT molecular complexity index is 266. The maximum atomic E-state index is 11.7. The van der Waals surface area contributed by atoms with Crippen LogP contribution in [0, 0.1) is 0 Å². The molecular formula is C10H18N2O. The van der Waals surface area contributed by atoms with E-state index < -0.39 is 5.54 Å². The van der Waals surface area contributed by atoms with Crippen LogP contribution >= 0.6 is 0 Å². The highest BCUT2D eigenvalue weighted by atomic mass is 16.2. The molecule has 0 unspecified atom stereocenters. The zero-order valence-corrected chi connectivity index (χ0v) is 9.06. The van der Waals surface area contributed by atoms with Gasteiger partial charge < -0.3 is 5.32 Å². The number of hydrogen-bond acceptors (Lipinski definition) is 2. The van der Waals surface area contributed by atoms with Gasteiger partial charge in [0.2, 0.25) is 5.91 Å². The van der Waals surface area contributed by atoms with Crippen molar-refractivity contribution in [3.63, 3.8) is 0 Å². The van der Waals surface area contributed by atoms with Gasteiger partial charge in [0.05, 0.1) is 5.54 Å². The van der Waals surface area contributed by atoms with E-state index in [0.717, 1.165) is 12.2 Å². The number of amides is 1. The molecule has 1 heterocycles. The fourth-order valence-electron chi connectivity index (χ4n) is 1.28. The molecule has 3 nitrogen and oxygen atoms in total. The third-order valence-corrected chi connectivity index (χ3v) is 2.93. The summed E-state index contributed by atoms with van der Waals surface area (Å²) in [5, 5.41) is 2.91. The predicted molar refractivity (Wildman–Crippen MR) is 53.2 cm³/mol. The van der Waals surface area contributed by atoms with E-state index in [9.17, 15) is 4.79 Å². The minimum atomic E-state index is -0.418. The minimum absolute atomic E-state index is 0.0735. The van der Waals surface area contributed by atoms with E-state index in [1.807, 2.05) is 34.7 Å². The number of carbonyl (C=O) groups is 1. The largest absolute Gasteiger partial charge is 0.328 e. The van der Waals surface area contributed by atoms with E-state index in [0.29, 0.717) is 0 Å². The summed E-state index contributed by atoms with van der Waals surface area (Å²) in [6, 6.07) is 0. The van der Waals surface area contributed by atoms with Crippen molar-refractivity contribution in [2.75, 3.05) is 13.6 Å². The number of rotatable bonds is 0. The summed E-state index contributed by atoms with van der Waals surface area (Å²) in [7, 11) is 1.97. The Hall–Kier alpha value is -0.830. The maximum Gasteiger partial charge on any atom is 0.244 e. The second kappa shape index (κ2) is 3.14. The Labute approximate surface area is 79.8 Å². The van der Waals surface area contributed by atoms with Gasteiger partial charge in [-0.05, 0) is 40.3 Å². The Morgan fingerprint density at radius 1 is 1.38 bits per heavy atom. The fraction of sp³-hybridized carbons (Fsp3) is 0.700. The molecule has 1 aliphatic heterocycles. The molecule has 0 saturated heterocycles. The van der Waals surface area contributed by atoms with Crippen LogP contribution in [-0.4, -0.2) is 29.9 Å². The molecule has 3 heteroatoms. The predicted octanol–water partition coefficient (Wildman–Crippen LogP) is 1.12. The fourth-order valence-corrected chi connectivity index (χ4v) is 1.28. The van der Waals surface area contributed by atoms with Gasteiger partial charge in [-0.3, -0.25) is 9.69 Å². The molecule has 1 amide bonds. The molecule has 0 radical (unpaired) electrons. The van der Waals surface area contributed by atoms with E-state index in [1.165, 1.54) is 5.57 Å². The van der Waals surface area contributed by atoms with Gasteiger partial charge in [-0.1, -0.05) is 0 Å². The monoisotopic (exact) mass is 182 g/mol. The van der Waals surface area contributed by atoms with Gasteiger partial charge in [0, 0.05) is 12.2 Å². The van der Waals surface area contributed by atoms with Crippen LogP contribution in [0.2, 0.25) is 0 Å². The second-order valence-electron chi connectivity index (χ2n) is 4.27. The normalized spacial score (nSPS) is 24.2. The zero-order valence-electron chi connectivity index (χ0n) is 9.06. The first-order chi connectivity index (χ1) is 5.85. The number of likely N-dealkylation sites (N-methyl/N-ethyl adjacent to an activating group) is 1. The molecule has 0 bridgehead atoms.